The molecule has 3 aromatic rings. The van der Waals surface area contributed by atoms with Crippen molar-refractivity contribution >= 4 is 23.2 Å². The lowest BCUT2D eigenvalue weighted by Gasteiger charge is -2.17. The summed E-state index contributed by atoms with van der Waals surface area (Å²) in [5, 5.41) is 6.81. The van der Waals surface area contributed by atoms with E-state index in [2.05, 4.69) is 10.5 Å². The molecule has 0 radical (unpaired) electrons. The first-order valence-electron chi connectivity index (χ1n) is 10.4. The molecule has 8 nitrogen and oxygen atoms in total. The first kappa shape index (κ1) is 21.4. The number of nitrogens with zero attached hydrogens (tertiary/aromatic N) is 2. The van der Waals surface area contributed by atoms with Crippen molar-refractivity contribution in [3.63, 3.8) is 0 Å². The minimum absolute atomic E-state index is 0.102. The third kappa shape index (κ3) is 4.44. The van der Waals surface area contributed by atoms with Crippen LogP contribution in [0.2, 0.25) is 0 Å². The Morgan fingerprint density at radius 3 is 2.72 bits per heavy atom. The van der Waals surface area contributed by atoms with Crippen molar-refractivity contribution in [2.75, 3.05) is 23.9 Å². The molecule has 0 saturated carbocycles. The third-order valence-electron chi connectivity index (χ3n) is 5.47. The fraction of sp³-hybridized carbons (Fsp3) is 0.292. The quantitative estimate of drug-likeness (QED) is 0.596. The fourth-order valence-electron chi connectivity index (χ4n) is 3.66. The predicted octanol–water partition coefficient (Wildman–Crippen LogP) is 4.26. The Labute approximate surface area is 186 Å². The van der Waals surface area contributed by atoms with E-state index in [1.807, 2.05) is 26.0 Å². The van der Waals surface area contributed by atoms with E-state index in [-0.39, 0.29) is 18.4 Å². The number of rotatable bonds is 7. The second kappa shape index (κ2) is 9.13. The van der Waals surface area contributed by atoms with Gasteiger partial charge in [0.05, 0.1) is 18.4 Å². The number of benzene rings is 2. The molecule has 2 amide bonds. The number of aromatic nitrogens is 1. The molecule has 8 heteroatoms. The molecule has 2 aromatic carbocycles. The smallest absolute Gasteiger partial charge is 0.255 e. The van der Waals surface area contributed by atoms with E-state index in [1.54, 1.807) is 35.2 Å². The number of carbonyl (C=O) groups is 2. The van der Waals surface area contributed by atoms with Crippen LogP contribution in [0, 0.1) is 13.8 Å². The summed E-state index contributed by atoms with van der Waals surface area (Å²) in [5.41, 5.74) is 3.48. The number of carbonyl (C=O) groups excluding carboxylic acids is 2. The first-order valence-corrected chi connectivity index (χ1v) is 10.4. The highest BCUT2D eigenvalue weighted by Crippen LogP contribution is 2.30. The lowest BCUT2D eigenvalue weighted by Crippen LogP contribution is -2.23. The van der Waals surface area contributed by atoms with Crippen LogP contribution in [-0.2, 0) is 11.4 Å². The van der Waals surface area contributed by atoms with Crippen molar-refractivity contribution in [1.29, 1.82) is 0 Å². The van der Waals surface area contributed by atoms with E-state index in [9.17, 15) is 9.59 Å². The largest absolute Gasteiger partial charge is 0.493 e. The van der Waals surface area contributed by atoms with E-state index in [1.165, 1.54) is 7.11 Å². The number of methoxy groups -OCH3 is 1. The van der Waals surface area contributed by atoms with Crippen molar-refractivity contribution in [1.82, 2.24) is 5.16 Å². The molecule has 2 heterocycles. The molecule has 1 aliphatic rings. The number of hydrogen-bond acceptors (Lipinski definition) is 6. The molecule has 1 aliphatic heterocycles. The van der Waals surface area contributed by atoms with Gasteiger partial charge in [-0.05, 0) is 56.7 Å². The second-order valence-corrected chi connectivity index (χ2v) is 7.61. The Bertz CT molecular complexity index is 1130. The molecule has 1 fully saturated rings. The fourth-order valence-corrected chi connectivity index (χ4v) is 3.66. The van der Waals surface area contributed by atoms with Gasteiger partial charge in [-0.1, -0.05) is 11.2 Å². The SMILES string of the molecule is COc1cc(C(=O)Nc2cccc(N3CCCC3=O)c2)ccc1OCc1c(C)noc1C. The number of ether oxygens (including phenoxy) is 2. The lowest BCUT2D eigenvalue weighted by molar-refractivity contribution is -0.117. The zero-order valence-corrected chi connectivity index (χ0v) is 18.3. The maximum absolute atomic E-state index is 12.8. The lowest BCUT2D eigenvalue weighted by atomic mass is 10.1. The molecular weight excluding hydrogens is 410 g/mol. The normalized spacial score (nSPS) is 13.3. The zero-order chi connectivity index (χ0) is 22.7. The summed E-state index contributed by atoms with van der Waals surface area (Å²) in [6.45, 7) is 4.67. The van der Waals surface area contributed by atoms with Gasteiger partial charge in [0.1, 0.15) is 12.4 Å². The van der Waals surface area contributed by atoms with Crippen molar-refractivity contribution in [2.24, 2.45) is 0 Å². The number of hydrogen-bond donors (Lipinski definition) is 1. The van der Waals surface area contributed by atoms with Crippen molar-refractivity contribution in [2.45, 2.75) is 33.3 Å². The molecule has 0 spiro atoms. The Morgan fingerprint density at radius 2 is 2.03 bits per heavy atom. The van der Waals surface area contributed by atoms with Gasteiger partial charge in [0.15, 0.2) is 11.5 Å². The van der Waals surface area contributed by atoms with Crippen LogP contribution in [-0.4, -0.2) is 30.6 Å². The molecule has 0 aliphatic carbocycles. The van der Waals surface area contributed by atoms with Crippen LogP contribution in [0.1, 0.15) is 40.2 Å². The Hall–Kier alpha value is -3.81. The molecule has 0 bridgehead atoms. The maximum Gasteiger partial charge on any atom is 0.255 e. The monoisotopic (exact) mass is 435 g/mol. The maximum atomic E-state index is 12.8. The van der Waals surface area contributed by atoms with Gasteiger partial charge in [-0.2, -0.15) is 0 Å². The van der Waals surface area contributed by atoms with E-state index >= 15 is 0 Å². The summed E-state index contributed by atoms with van der Waals surface area (Å²) in [6, 6.07) is 12.3. The van der Waals surface area contributed by atoms with Crippen LogP contribution in [0.25, 0.3) is 0 Å². The van der Waals surface area contributed by atoms with Crippen LogP contribution in [0.15, 0.2) is 47.0 Å². The van der Waals surface area contributed by atoms with E-state index < -0.39 is 0 Å². The highest BCUT2D eigenvalue weighted by Gasteiger charge is 2.22. The summed E-state index contributed by atoms with van der Waals surface area (Å²) in [4.78, 5) is 26.6. The molecule has 1 aromatic heterocycles. The van der Waals surface area contributed by atoms with Gasteiger partial charge in [0.2, 0.25) is 5.91 Å². The summed E-state index contributed by atoms with van der Waals surface area (Å²) < 4.78 is 16.5. The third-order valence-corrected chi connectivity index (χ3v) is 5.47. The highest BCUT2D eigenvalue weighted by atomic mass is 16.5. The molecular formula is C24H25N3O5. The summed E-state index contributed by atoms with van der Waals surface area (Å²) >= 11 is 0. The van der Waals surface area contributed by atoms with Gasteiger partial charge < -0.3 is 24.2 Å². The summed E-state index contributed by atoms with van der Waals surface area (Å²) in [7, 11) is 1.52. The Kier molecular flexibility index (Phi) is 6.11. The first-order chi connectivity index (χ1) is 15.5. The van der Waals surface area contributed by atoms with Crippen LogP contribution >= 0.6 is 0 Å². The molecule has 1 N–H and O–H groups in total. The molecule has 1 saturated heterocycles. The zero-order valence-electron chi connectivity index (χ0n) is 18.3. The van der Waals surface area contributed by atoms with Gasteiger partial charge in [-0.15, -0.1) is 0 Å². The van der Waals surface area contributed by atoms with Crippen LogP contribution in [0.5, 0.6) is 11.5 Å². The minimum Gasteiger partial charge on any atom is -0.493 e. The number of nitrogens with one attached hydrogen (secondary N) is 1. The van der Waals surface area contributed by atoms with Crippen molar-refractivity contribution in [3.8, 4) is 11.5 Å². The summed E-state index contributed by atoms with van der Waals surface area (Å²) in [5.74, 6) is 1.48. The van der Waals surface area contributed by atoms with E-state index in [0.29, 0.717) is 41.5 Å². The van der Waals surface area contributed by atoms with Crippen molar-refractivity contribution in [3.05, 3.63) is 65.0 Å². The van der Waals surface area contributed by atoms with Gasteiger partial charge in [-0.3, -0.25) is 9.59 Å². The van der Waals surface area contributed by atoms with Crippen molar-refractivity contribution < 1.29 is 23.6 Å². The molecule has 0 unspecified atom stereocenters. The number of anilines is 2. The van der Waals surface area contributed by atoms with Gasteiger partial charge >= 0.3 is 0 Å². The summed E-state index contributed by atoms with van der Waals surface area (Å²) in [6.07, 6.45) is 1.40. The highest BCUT2D eigenvalue weighted by molar-refractivity contribution is 6.05. The van der Waals surface area contributed by atoms with Crippen LogP contribution in [0.3, 0.4) is 0 Å². The minimum atomic E-state index is -0.287. The number of amides is 2. The molecule has 32 heavy (non-hydrogen) atoms. The van der Waals surface area contributed by atoms with Crippen LogP contribution in [0.4, 0.5) is 11.4 Å². The molecule has 0 atom stereocenters. The van der Waals surface area contributed by atoms with E-state index in [0.717, 1.165) is 23.4 Å². The second-order valence-electron chi connectivity index (χ2n) is 7.61. The average Bonchev–Trinajstić information content (AvgIpc) is 3.37. The standard InChI is InChI=1S/C24H25N3O5/c1-15-20(16(2)32-26-15)14-31-21-10-9-17(12-22(21)30-3)24(29)25-18-6-4-7-19(13-18)27-11-5-8-23(27)28/h4,6-7,9-10,12-13H,5,8,11,14H2,1-3H3,(H,25,29). The topological polar surface area (TPSA) is 93.9 Å². The Morgan fingerprint density at radius 1 is 1.19 bits per heavy atom. The molecule has 4 rings (SSSR count). The number of aryl methyl sites for hydroxylation is 2. The van der Waals surface area contributed by atoms with E-state index in [4.69, 9.17) is 14.0 Å². The predicted molar refractivity (Wildman–Crippen MR) is 119 cm³/mol. The van der Waals surface area contributed by atoms with Crippen LogP contribution < -0.4 is 19.7 Å². The Balaban J connectivity index is 1.46. The molecule has 166 valence electrons. The van der Waals surface area contributed by atoms with Gasteiger partial charge in [0, 0.05) is 29.9 Å². The van der Waals surface area contributed by atoms with Gasteiger partial charge in [-0.25, -0.2) is 0 Å². The average molecular weight is 435 g/mol. The van der Waals surface area contributed by atoms with Gasteiger partial charge in [0.25, 0.3) is 5.91 Å².